The summed E-state index contributed by atoms with van der Waals surface area (Å²) in [6.07, 6.45) is 3.39. The number of nitrogens with zero attached hydrogens (tertiary/aromatic N) is 4. The molecule has 3 heterocycles. The highest BCUT2D eigenvalue weighted by Crippen LogP contribution is 2.27. The van der Waals surface area contributed by atoms with Crippen molar-refractivity contribution in [3.63, 3.8) is 0 Å². The van der Waals surface area contributed by atoms with Gasteiger partial charge in [0.25, 0.3) is 0 Å². The van der Waals surface area contributed by atoms with Gasteiger partial charge >= 0.3 is 12.1 Å². The number of carbonyl (C=O) groups is 3. The van der Waals surface area contributed by atoms with Crippen molar-refractivity contribution >= 4 is 35.3 Å². The van der Waals surface area contributed by atoms with E-state index in [9.17, 15) is 14.4 Å². The molecular formula is C25H33ClN6O3. The molecule has 0 spiro atoms. The van der Waals surface area contributed by atoms with Crippen LogP contribution in [0.3, 0.4) is 0 Å². The van der Waals surface area contributed by atoms with E-state index < -0.39 is 17.5 Å². The number of hydrogen-bond acceptors (Lipinski definition) is 4. The third-order valence-electron chi connectivity index (χ3n) is 6.72. The lowest BCUT2D eigenvalue weighted by Gasteiger charge is -2.38. The lowest BCUT2D eigenvalue weighted by molar-refractivity contribution is -0.137. The number of urea groups is 1. The molecule has 10 heteroatoms. The van der Waals surface area contributed by atoms with Crippen molar-refractivity contribution in [3.8, 4) is 0 Å². The minimum atomic E-state index is -0.673. The maximum atomic E-state index is 13.4. The molecule has 1 saturated heterocycles. The number of nitrogens with one attached hydrogen (secondary N) is 2. The molecule has 0 unspecified atom stereocenters. The molecule has 1 fully saturated rings. The summed E-state index contributed by atoms with van der Waals surface area (Å²) < 4.78 is 1.67. The normalized spacial score (nSPS) is 17.3. The molecule has 1 atom stereocenters. The Morgan fingerprint density at radius 3 is 2.43 bits per heavy atom. The minimum absolute atomic E-state index is 0.0165. The fourth-order valence-electron chi connectivity index (χ4n) is 4.72. The molecule has 2 aliphatic heterocycles. The summed E-state index contributed by atoms with van der Waals surface area (Å²) in [4.78, 5) is 46.7. The van der Waals surface area contributed by atoms with E-state index in [-0.39, 0.29) is 11.9 Å². The van der Waals surface area contributed by atoms with Crippen LogP contribution < -0.4 is 10.6 Å². The van der Waals surface area contributed by atoms with Crippen molar-refractivity contribution < 1.29 is 14.4 Å². The van der Waals surface area contributed by atoms with Crippen molar-refractivity contribution in [2.75, 3.05) is 25.0 Å². The SMILES string of the molecule is Cc1ncc2n1C(=O)N(CC1CCN(C(=O)[C@H](NC(=O)Nc3ccc(Cl)cc3)C(C)(C)C)CC1)C2. The van der Waals surface area contributed by atoms with Gasteiger partial charge in [-0.15, -0.1) is 0 Å². The predicted octanol–water partition coefficient (Wildman–Crippen LogP) is 4.10. The van der Waals surface area contributed by atoms with Gasteiger partial charge in [0.15, 0.2) is 0 Å². The number of aromatic nitrogens is 2. The molecule has 9 nitrogen and oxygen atoms in total. The van der Waals surface area contributed by atoms with E-state index in [0.717, 1.165) is 18.5 Å². The number of imidazole rings is 1. The monoisotopic (exact) mass is 500 g/mol. The molecule has 188 valence electrons. The molecule has 0 radical (unpaired) electrons. The first-order valence-electron chi connectivity index (χ1n) is 12.0. The van der Waals surface area contributed by atoms with Gasteiger partial charge in [-0.25, -0.2) is 14.6 Å². The zero-order chi connectivity index (χ0) is 25.3. The second-order valence-electron chi connectivity index (χ2n) is 10.5. The topological polar surface area (TPSA) is 99.6 Å². The quantitative estimate of drug-likeness (QED) is 0.645. The predicted molar refractivity (Wildman–Crippen MR) is 134 cm³/mol. The van der Waals surface area contributed by atoms with E-state index in [1.165, 1.54) is 0 Å². The summed E-state index contributed by atoms with van der Waals surface area (Å²) in [5.74, 6) is 0.959. The number of benzene rings is 1. The maximum absolute atomic E-state index is 13.4. The van der Waals surface area contributed by atoms with E-state index in [0.29, 0.717) is 48.6 Å². The highest BCUT2D eigenvalue weighted by atomic mass is 35.5. The van der Waals surface area contributed by atoms with Crippen LogP contribution in [0.2, 0.25) is 5.02 Å². The molecule has 35 heavy (non-hydrogen) atoms. The second kappa shape index (κ2) is 9.89. The Labute approximate surface area is 210 Å². The van der Waals surface area contributed by atoms with Crippen LogP contribution in [-0.4, -0.2) is 63.0 Å². The summed E-state index contributed by atoms with van der Waals surface area (Å²) in [5, 5.41) is 6.22. The van der Waals surface area contributed by atoms with E-state index in [1.807, 2.05) is 37.5 Å². The van der Waals surface area contributed by atoms with Crippen LogP contribution >= 0.6 is 11.6 Å². The molecule has 4 amide bonds. The summed E-state index contributed by atoms with van der Waals surface area (Å²) >= 11 is 5.91. The van der Waals surface area contributed by atoms with Crippen LogP contribution in [0, 0.1) is 18.3 Å². The minimum Gasteiger partial charge on any atom is -0.341 e. The Bertz CT molecular complexity index is 1100. The first-order valence-corrected chi connectivity index (χ1v) is 12.3. The van der Waals surface area contributed by atoms with Crippen molar-refractivity contribution in [2.24, 2.45) is 11.3 Å². The molecule has 2 aromatic rings. The summed E-state index contributed by atoms with van der Waals surface area (Å²) in [7, 11) is 0. The molecule has 0 bridgehead atoms. The third kappa shape index (κ3) is 5.61. The number of fused-ring (bicyclic) bond motifs is 1. The Kier molecular flexibility index (Phi) is 7.07. The fraction of sp³-hybridized carbons (Fsp3) is 0.520. The average Bonchev–Trinajstić information content (AvgIpc) is 3.32. The standard InChI is InChI=1S/C25H33ClN6O3/c1-16-27-13-20-15-31(24(35)32(16)20)14-17-9-11-30(12-10-17)22(33)21(25(2,3)4)29-23(34)28-19-7-5-18(26)6-8-19/h5-8,13,17,21H,9-12,14-15H2,1-4H3,(H2,28,29,34)/t21-/m0/s1. The largest absolute Gasteiger partial charge is 0.341 e. The highest BCUT2D eigenvalue weighted by molar-refractivity contribution is 6.30. The van der Waals surface area contributed by atoms with Crippen molar-refractivity contribution in [1.29, 1.82) is 0 Å². The van der Waals surface area contributed by atoms with Crippen LogP contribution in [0.4, 0.5) is 15.3 Å². The van der Waals surface area contributed by atoms with Gasteiger partial charge in [0, 0.05) is 30.3 Å². The van der Waals surface area contributed by atoms with Crippen molar-refractivity contribution in [3.05, 3.63) is 47.0 Å². The van der Waals surface area contributed by atoms with Gasteiger partial charge < -0.3 is 20.4 Å². The summed E-state index contributed by atoms with van der Waals surface area (Å²) in [5.41, 5.74) is 1.06. The smallest absolute Gasteiger partial charge is 0.330 e. The van der Waals surface area contributed by atoms with Gasteiger partial charge in [-0.1, -0.05) is 32.4 Å². The Balaban J connectivity index is 1.31. The molecule has 0 aliphatic carbocycles. The molecular weight excluding hydrogens is 468 g/mol. The zero-order valence-electron chi connectivity index (χ0n) is 20.7. The Morgan fingerprint density at radius 1 is 1.17 bits per heavy atom. The second-order valence-corrected chi connectivity index (χ2v) is 10.9. The Hall–Kier alpha value is -3.07. The lowest BCUT2D eigenvalue weighted by atomic mass is 9.85. The van der Waals surface area contributed by atoms with E-state index >= 15 is 0 Å². The summed E-state index contributed by atoms with van der Waals surface area (Å²) in [6, 6.07) is 5.68. The number of rotatable bonds is 5. The van der Waals surface area contributed by atoms with Crippen LogP contribution in [0.5, 0.6) is 0 Å². The number of hydrogen-bond donors (Lipinski definition) is 2. The van der Waals surface area contributed by atoms with Crippen LogP contribution in [-0.2, 0) is 11.3 Å². The van der Waals surface area contributed by atoms with Crippen molar-refractivity contribution in [2.45, 2.75) is 53.1 Å². The number of aryl methyl sites for hydroxylation is 1. The van der Waals surface area contributed by atoms with Gasteiger partial charge in [0.05, 0.1) is 18.4 Å². The zero-order valence-corrected chi connectivity index (χ0v) is 21.4. The lowest BCUT2D eigenvalue weighted by Crippen LogP contribution is -2.57. The number of halogens is 1. The third-order valence-corrected chi connectivity index (χ3v) is 6.97. The van der Waals surface area contributed by atoms with Crippen LogP contribution in [0.1, 0.15) is 45.1 Å². The molecule has 1 aromatic carbocycles. The molecule has 1 aromatic heterocycles. The molecule has 2 aliphatic rings. The van der Waals surface area contributed by atoms with E-state index in [1.54, 1.807) is 35.0 Å². The number of piperidine rings is 1. The van der Waals surface area contributed by atoms with E-state index in [2.05, 4.69) is 15.6 Å². The van der Waals surface area contributed by atoms with Gasteiger partial charge in [0.1, 0.15) is 11.9 Å². The average molecular weight is 501 g/mol. The fourth-order valence-corrected chi connectivity index (χ4v) is 4.85. The van der Waals surface area contributed by atoms with Crippen LogP contribution in [0.15, 0.2) is 30.5 Å². The Morgan fingerprint density at radius 2 is 1.83 bits per heavy atom. The number of amides is 4. The van der Waals surface area contributed by atoms with Crippen molar-refractivity contribution in [1.82, 2.24) is 24.7 Å². The number of carbonyl (C=O) groups excluding carboxylic acids is 3. The maximum Gasteiger partial charge on any atom is 0.330 e. The number of anilines is 1. The number of likely N-dealkylation sites (tertiary alicyclic amines) is 1. The van der Waals surface area contributed by atoms with E-state index in [4.69, 9.17) is 11.6 Å². The van der Waals surface area contributed by atoms with Gasteiger partial charge in [0.2, 0.25) is 5.91 Å². The summed E-state index contributed by atoms with van der Waals surface area (Å²) in [6.45, 7) is 10.1. The first-order chi connectivity index (χ1) is 16.5. The molecule has 2 N–H and O–H groups in total. The first kappa shape index (κ1) is 25.0. The van der Waals surface area contributed by atoms with Gasteiger partial charge in [-0.2, -0.15) is 0 Å². The molecule has 0 saturated carbocycles. The van der Waals surface area contributed by atoms with Gasteiger partial charge in [-0.05, 0) is 55.4 Å². The van der Waals surface area contributed by atoms with Crippen LogP contribution in [0.25, 0.3) is 0 Å². The molecule has 4 rings (SSSR count). The van der Waals surface area contributed by atoms with Gasteiger partial charge in [-0.3, -0.25) is 9.36 Å². The highest BCUT2D eigenvalue weighted by Gasteiger charge is 2.38.